The van der Waals surface area contributed by atoms with Gasteiger partial charge in [-0.05, 0) is 49.4 Å². The van der Waals surface area contributed by atoms with Crippen LogP contribution in [-0.2, 0) is 10.0 Å². The van der Waals surface area contributed by atoms with Crippen molar-refractivity contribution in [3.63, 3.8) is 0 Å². The average Bonchev–Trinajstić information content (AvgIpc) is 2.38. The van der Waals surface area contributed by atoms with E-state index in [1.54, 1.807) is 29.6 Å². The smallest absolute Gasteiger partial charge is 0.243 e. The van der Waals surface area contributed by atoms with Crippen LogP contribution in [0.2, 0.25) is 0 Å². The van der Waals surface area contributed by atoms with Gasteiger partial charge in [0, 0.05) is 13.1 Å². The van der Waals surface area contributed by atoms with Crippen molar-refractivity contribution in [2.75, 3.05) is 20.2 Å². The third kappa shape index (κ3) is 2.92. The molecule has 0 unspecified atom stereocenters. The Balaban J connectivity index is 2.29. The van der Waals surface area contributed by atoms with E-state index in [-0.39, 0.29) is 0 Å². The Morgan fingerprint density at radius 3 is 2.42 bits per heavy atom. The van der Waals surface area contributed by atoms with Crippen molar-refractivity contribution >= 4 is 10.0 Å². The van der Waals surface area contributed by atoms with E-state index < -0.39 is 10.0 Å². The first-order valence-electron chi connectivity index (χ1n) is 6.60. The first-order chi connectivity index (χ1) is 8.95. The van der Waals surface area contributed by atoms with Crippen LogP contribution >= 0.6 is 0 Å². The lowest BCUT2D eigenvalue weighted by Crippen LogP contribution is -2.38. The highest BCUT2D eigenvalue weighted by Crippen LogP contribution is 2.27. The first kappa shape index (κ1) is 14.3. The molecule has 0 bridgehead atoms. The van der Waals surface area contributed by atoms with Gasteiger partial charge in [0.05, 0.1) is 12.0 Å². The molecule has 0 aliphatic carbocycles. The summed E-state index contributed by atoms with van der Waals surface area (Å²) in [5, 5.41) is 0. The van der Waals surface area contributed by atoms with Crippen molar-refractivity contribution in [1.29, 1.82) is 0 Å². The predicted molar refractivity (Wildman–Crippen MR) is 74.9 cm³/mol. The molecule has 1 fully saturated rings. The van der Waals surface area contributed by atoms with Crippen LogP contribution in [0, 0.1) is 12.8 Å². The summed E-state index contributed by atoms with van der Waals surface area (Å²) in [4.78, 5) is 0.392. The summed E-state index contributed by atoms with van der Waals surface area (Å²) in [6.07, 6.45) is 1.88. The van der Waals surface area contributed by atoms with Crippen molar-refractivity contribution in [3.05, 3.63) is 23.8 Å². The molecule has 1 aromatic rings. The SMILES string of the molecule is COc1ccc(S(=O)(=O)N2CCC(C)CC2)c(C)c1. The van der Waals surface area contributed by atoms with Crippen LogP contribution < -0.4 is 4.74 Å². The van der Waals surface area contributed by atoms with E-state index in [1.807, 2.05) is 6.92 Å². The zero-order valence-electron chi connectivity index (χ0n) is 11.7. The molecular weight excluding hydrogens is 262 g/mol. The maximum absolute atomic E-state index is 12.6. The van der Waals surface area contributed by atoms with Gasteiger partial charge in [-0.25, -0.2) is 8.42 Å². The van der Waals surface area contributed by atoms with Gasteiger partial charge in [-0.3, -0.25) is 0 Å². The van der Waals surface area contributed by atoms with E-state index in [2.05, 4.69) is 6.92 Å². The Morgan fingerprint density at radius 2 is 1.89 bits per heavy atom. The number of hydrogen-bond acceptors (Lipinski definition) is 3. The summed E-state index contributed by atoms with van der Waals surface area (Å²) < 4.78 is 31.9. The summed E-state index contributed by atoms with van der Waals surface area (Å²) in [6, 6.07) is 5.10. The third-order valence-corrected chi connectivity index (χ3v) is 5.80. The topological polar surface area (TPSA) is 46.6 Å². The highest BCUT2D eigenvalue weighted by Gasteiger charge is 2.29. The molecule has 0 radical (unpaired) electrons. The van der Waals surface area contributed by atoms with Crippen molar-refractivity contribution < 1.29 is 13.2 Å². The van der Waals surface area contributed by atoms with Crippen LogP contribution in [0.3, 0.4) is 0 Å². The number of rotatable bonds is 3. The lowest BCUT2D eigenvalue weighted by atomic mass is 10.0. The van der Waals surface area contributed by atoms with Gasteiger partial charge in [-0.2, -0.15) is 4.31 Å². The zero-order chi connectivity index (χ0) is 14.0. The van der Waals surface area contributed by atoms with Gasteiger partial charge >= 0.3 is 0 Å². The Hall–Kier alpha value is -1.07. The second-order valence-electron chi connectivity index (χ2n) is 5.22. The van der Waals surface area contributed by atoms with Crippen LogP contribution in [0.1, 0.15) is 25.3 Å². The largest absolute Gasteiger partial charge is 0.497 e. The molecule has 0 spiro atoms. The zero-order valence-corrected chi connectivity index (χ0v) is 12.5. The van der Waals surface area contributed by atoms with Crippen LogP contribution in [-0.4, -0.2) is 32.9 Å². The van der Waals surface area contributed by atoms with Gasteiger partial charge in [0.1, 0.15) is 5.75 Å². The Labute approximate surface area is 115 Å². The number of nitrogens with zero attached hydrogens (tertiary/aromatic N) is 1. The van der Waals surface area contributed by atoms with Gasteiger partial charge < -0.3 is 4.74 Å². The number of sulfonamides is 1. The van der Waals surface area contributed by atoms with Gasteiger partial charge in [0.25, 0.3) is 0 Å². The van der Waals surface area contributed by atoms with Crippen LogP contribution in [0.25, 0.3) is 0 Å². The summed E-state index contributed by atoms with van der Waals surface area (Å²) in [5.41, 5.74) is 0.734. The molecule has 1 saturated heterocycles. The average molecular weight is 283 g/mol. The van der Waals surface area contributed by atoms with E-state index in [0.717, 1.165) is 18.4 Å². The summed E-state index contributed by atoms with van der Waals surface area (Å²) in [5.74, 6) is 1.30. The molecule has 0 aromatic heterocycles. The Morgan fingerprint density at radius 1 is 1.26 bits per heavy atom. The van der Waals surface area contributed by atoms with Gasteiger partial charge in [0.2, 0.25) is 10.0 Å². The maximum Gasteiger partial charge on any atom is 0.243 e. The van der Waals surface area contributed by atoms with Gasteiger partial charge in [-0.1, -0.05) is 6.92 Å². The second-order valence-corrected chi connectivity index (χ2v) is 7.12. The number of ether oxygens (including phenoxy) is 1. The minimum absolute atomic E-state index is 0.392. The molecule has 5 heteroatoms. The standard InChI is InChI=1S/C14H21NO3S/c1-11-6-8-15(9-7-11)19(16,17)14-5-4-13(18-3)10-12(14)2/h4-5,10-11H,6-9H2,1-3H3. The van der Waals surface area contributed by atoms with E-state index in [1.165, 1.54) is 0 Å². The van der Waals surface area contributed by atoms with Crippen molar-refractivity contribution in [2.45, 2.75) is 31.6 Å². The van der Waals surface area contributed by atoms with E-state index in [9.17, 15) is 8.42 Å². The van der Waals surface area contributed by atoms with E-state index in [4.69, 9.17) is 4.74 Å². The summed E-state index contributed by atoms with van der Waals surface area (Å²) in [7, 11) is -1.78. The molecular formula is C14H21NO3S. The molecule has 1 aromatic carbocycles. The molecule has 1 heterocycles. The lowest BCUT2D eigenvalue weighted by Gasteiger charge is -2.29. The molecule has 2 rings (SSSR count). The lowest BCUT2D eigenvalue weighted by molar-refractivity contribution is 0.288. The van der Waals surface area contributed by atoms with Gasteiger partial charge in [-0.15, -0.1) is 0 Å². The fraction of sp³-hybridized carbons (Fsp3) is 0.571. The normalized spacial score (nSPS) is 18.5. The monoisotopic (exact) mass is 283 g/mol. The van der Waals surface area contributed by atoms with E-state index in [0.29, 0.717) is 29.7 Å². The maximum atomic E-state index is 12.6. The fourth-order valence-electron chi connectivity index (χ4n) is 2.40. The molecule has 1 aliphatic heterocycles. The number of benzene rings is 1. The molecule has 0 amide bonds. The van der Waals surface area contributed by atoms with Crippen molar-refractivity contribution in [2.24, 2.45) is 5.92 Å². The second kappa shape index (κ2) is 5.51. The minimum atomic E-state index is -3.36. The quantitative estimate of drug-likeness (QED) is 0.856. The Bertz CT molecular complexity index is 546. The first-order valence-corrected chi connectivity index (χ1v) is 8.04. The van der Waals surface area contributed by atoms with Crippen LogP contribution in [0.5, 0.6) is 5.75 Å². The molecule has 4 nitrogen and oxygen atoms in total. The summed E-state index contributed by atoms with van der Waals surface area (Å²) >= 11 is 0. The van der Waals surface area contributed by atoms with Crippen molar-refractivity contribution in [1.82, 2.24) is 4.31 Å². The van der Waals surface area contributed by atoms with Gasteiger partial charge in [0.15, 0.2) is 0 Å². The molecule has 19 heavy (non-hydrogen) atoms. The molecule has 106 valence electrons. The minimum Gasteiger partial charge on any atom is -0.497 e. The third-order valence-electron chi connectivity index (χ3n) is 3.74. The van der Waals surface area contributed by atoms with Crippen LogP contribution in [0.15, 0.2) is 23.1 Å². The molecule has 0 N–H and O–H groups in total. The molecule has 0 saturated carbocycles. The molecule has 1 aliphatic rings. The van der Waals surface area contributed by atoms with Crippen LogP contribution in [0.4, 0.5) is 0 Å². The molecule has 0 atom stereocenters. The number of methoxy groups -OCH3 is 1. The number of piperidine rings is 1. The highest BCUT2D eigenvalue weighted by molar-refractivity contribution is 7.89. The Kier molecular flexibility index (Phi) is 4.16. The van der Waals surface area contributed by atoms with Crippen molar-refractivity contribution in [3.8, 4) is 5.75 Å². The fourth-order valence-corrected chi connectivity index (χ4v) is 4.08. The number of aryl methyl sites for hydroxylation is 1. The van der Waals surface area contributed by atoms with E-state index >= 15 is 0 Å². The number of hydrogen-bond donors (Lipinski definition) is 0. The predicted octanol–water partition coefficient (Wildman–Crippen LogP) is 2.42. The summed E-state index contributed by atoms with van der Waals surface area (Å²) in [6.45, 7) is 5.22. The highest BCUT2D eigenvalue weighted by atomic mass is 32.2.